The molecule has 1 aromatic heterocycles. The van der Waals surface area contributed by atoms with E-state index in [1.165, 1.54) is 4.57 Å². The molecule has 8 heteroatoms. The van der Waals surface area contributed by atoms with Crippen molar-refractivity contribution in [3.8, 4) is 5.88 Å². The van der Waals surface area contributed by atoms with Crippen LogP contribution >= 0.6 is 12.2 Å². The Morgan fingerprint density at radius 3 is 2.75 bits per heavy atom. The van der Waals surface area contributed by atoms with Gasteiger partial charge in [-0.05, 0) is 32.0 Å². The van der Waals surface area contributed by atoms with E-state index < -0.39 is 5.56 Å². The van der Waals surface area contributed by atoms with Crippen molar-refractivity contribution in [2.45, 2.75) is 65.3 Å². The molecule has 0 aliphatic rings. The highest BCUT2D eigenvalue weighted by Crippen LogP contribution is 2.19. The Bertz CT molecular complexity index is 694. The minimum atomic E-state index is -0.544. The van der Waals surface area contributed by atoms with Crippen LogP contribution in [0.5, 0.6) is 5.88 Å². The van der Waals surface area contributed by atoms with Crippen LogP contribution in [-0.2, 0) is 4.79 Å². The lowest BCUT2D eigenvalue weighted by atomic mass is 10.1. The predicted octanol–water partition coefficient (Wildman–Crippen LogP) is 3.00. The molecule has 0 aliphatic heterocycles. The molecule has 1 unspecified atom stereocenters. The molecule has 1 rings (SSSR count). The largest absolute Gasteiger partial charge is 0.494 e. The molecule has 1 heterocycles. The number of nitrogens with one attached hydrogen (secondary N) is 2. The van der Waals surface area contributed by atoms with Crippen LogP contribution in [0, 0.1) is 4.77 Å². The number of amides is 1. The average molecular weight is 354 g/mol. The average Bonchev–Trinajstić information content (AvgIpc) is 2.54. The number of aromatic hydroxyl groups is 1. The van der Waals surface area contributed by atoms with Crippen LogP contribution in [0.25, 0.3) is 0 Å². The van der Waals surface area contributed by atoms with Gasteiger partial charge in [0, 0.05) is 12.5 Å². The molecule has 0 aliphatic carbocycles. The molecule has 0 aromatic carbocycles. The molecular formula is C16H26N4O3S. The smallest absolute Gasteiger partial charge is 0.264 e. The highest BCUT2D eigenvalue weighted by atomic mass is 32.1. The number of hydrogen-bond donors (Lipinski definition) is 3. The zero-order valence-electron chi connectivity index (χ0n) is 14.5. The Hall–Kier alpha value is -1.96. The molecule has 0 radical (unpaired) electrons. The van der Waals surface area contributed by atoms with Crippen LogP contribution in [0.4, 0.5) is 0 Å². The van der Waals surface area contributed by atoms with E-state index in [9.17, 15) is 14.7 Å². The lowest BCUT2D eigenvalue weighted by Gasteiger charge is -2.16. The molecule has 0 bridgehead atoms. The first-order valence-corrected chi connectivity index (χ1v) is 8.72. The fourth-order valence-electron chi connectivity index (χ4n) is 2.20. The Morgan fingerprint density at radius 2 is 2.12 bits per heavy atom. The second-order valence-electron chi connectivity index (χ2n) is 5.73. The maximum Gasteiger partial charge on any atom is 0.264 e. The van der Waals surface area contributed by atoms with Crippen LogP contribution in [0.2, 0.25) is 0 Å². The zero-order chi connectivity index (χ0) is 18.1. The van der Waals surface area contributed by atoms with E-state index in [4.69, 9.17) is 12.2 Å². The van der Waals surface area contributed by atoms with Gasteiger partial charge >= 0.3 is 0 Å². The quantitative estimate of drug-likeness (QED) is 0.275. The van der Waals surface area contributed by atoms with E-state index in [2.05, 4.69) is 22.4 Å². The van der Waals surface area contributed by atoms with Gasteiger partial charge in [-0.25, -0.2) is 5.43 Å². The first-order valence-electron chi connectivity index (χ1n) is 8.32. The topological polar surface area (TPSA) is 99.5 Å². The Balaban J connectivity index is 2.82. The summed E-state index contributed by atoms with van der Waals surface area (Å²) in [4.78, 5) is 26.1. The Labute approximate surface area is 146 Å². The maximum absolute atomic E-state index is 11.9. The number of unbranched alkanes of at least 4 members (excludes halogenated alkanes) is 3. The molecule has 0 saturated heterocycles. The third kappa shape index (κ3) is 5.59. The molecule has 0 saturated carbocycles. The van der Waals surface area contributed by atoms with Crippen LogP contribution < -0.4 is 11.0 Å². The summed E-state index contributed by atoms with van der Waals surface area (Å²) in [5, 5.41) is 14.1. The second kappa shape index (κ2) is 10.0. The second-order valence-corrected chi connectivity index (χ2v) is 6.11. The van der Waals surface area contributed by atoms with E-state index in [1.807, 2.05) is 13.8 Å². The third-order valence-corrected chi connectivity index (χ3v) is 4.12. The van der Waals surface area contributed by atoms with Gasteiger partial charge in [0.2, 0.25) is 11.8 Å². The standard InChI is InChI=1S/C16H26N4O3S/c1-4-6-7-8-9-13(21)19-17-10-12-14(22)18-16(24)20(15(12)23)11(3)5-2/h10-11,23H,4-9H2,1-3H3,(H,19,21)(H,18,22,24). The van der Waals surface area contributed by atoms with Gasteiger partial charge in [0.25, 0.3) is 5.56 Å². The van der Waals surface area contributed by atoms with Crippen LogP contribution in [0.15, 0.2) is 9.90 Å². The monoisotopic (exact) mass is 354 g/mol. The van der Waals surface area contributed by atoms with Crippen molar-refractivity contribution in [2.24, 2.45) is 5.10 Å². The minimum absolute atomic E-state index is 0.0322. The van der Waals surface area contributed by atoms with E-state index in [1.54, 1.807) is 0 Å². The van der Waals surface area contributed by atoms with Crippen molar-refractivity contribution in [3.05, 3.63) is 20.7 Å². The number of hydrogen-bond acceptors (Lipinski definition) is 5. The molecule has 134 valence electrons. The maximum atomic E-state index is 11.9. The predicted molar refractivity (Wildman–Crippen MR) is 97.0 cm³/mol. The van der Waals surface area contributed by atoms with Gasteiger partial charge in [-0.2, -0.15) is 5.10 Å². The fourth-order valence-corrected chi connectivity index (χ4v) is 2.56. The van der Waals surface area contributed by atoms with E-state index in [-0.39, 0.29) is 28.2 Å². The minimum Gasteiger partial charge on any atom is -0.494 e. The van der Waals surface area contributed by atoms with E-state index >= 15 is 0 Å². The summed E-state index contributed by atoms with van der Waals surface area (Å²) in [6.07, 6.45) is 6.28. The number of aromatic nitrogens is 2. The number of rotatable bonds is 9. The molecule has 24 heavy (non-hydrogen) atoms. The number of hydrazone groups is 1. The summed E-state index contributed by atoms with van der Waals surface area (Å²) < 4.78 is 1.62. The number of nitrogens with zero attached hydrogens (tertiary/aromatic N) is 2. The van der Waals surface area contributed by atoms with Gasteiger partial charge in [-0.1, -0.05) is 33.1 Å². The Morgan fingerprint density at radius 1 is 1.42 bits per heavy atom. The molecule has 1 atom stereocenters. The fraction of sp³-hybridized carbons (Fsp3) is 0.625. The first kappa shape index (κ1) is 20.1. The molecule has 7 nitrogen and oxygen atoms in total. The highest BCUT2D eigenvalue weighted by molar-refractivity contribution is 7.71. The summed E-state index contributed by atoms with van der Waals surface area (Å²) in [7, 11) is 0. The lowest BCUT2D eigenvalue weighted by molar-refractivity contribution is -0.121. The van der Waals surface area contributed by atoms with Crippen molar-refractivity contribution in [3.63, 3.8) is 0 Å². The number of aromatic amines is 1. The summed E-state index contributed by atoms with van der Waals surface area (Å²) in [6, 6.07) is -0.0744. The van der Waals surface area contributed by atoms with Gasteiger partial charge in [-0.3, -0.25) is 19.1 Å². The van der Waals surface area contributed by atoms with Gasteiger partial charge in [0.15, 0.2) is 4.77 Å². The van der Waals surface area contributed by atoms with Gasteiger partial charge in [-0.15, -0.1) is 0 Å². The number of carbonyl (C=O) groups is 1. The van der Waals surface area contributed by atoms with Gasteiger partial charge < -0.3 is 5.11 Å². The summed E-state index contributed by atoms with van der Waals surface area (Å²) >= 11 is 5.09. The van der Waals surface area contributed by atoms with Crippen LogP contribution in [0.1, 0.15) is 70.9 Å². The molecule has 0 spiro atoms. The van der Waals surface area contributed by atoms with Crippen molar-refractivity contribution in [1.29, 1.82) is 0 Å². The first-order chi connectivity index (χ1) is 11.4. The molecule has 0 fully saturated rings. The zero-order valence-corrected chi connectivity index (χ0v) is 15.3. The molecule has 1 amide bonds. The summed E-state index contributed by atoms with van der Waals surface area (Å²) in [5.74, 6) is -0.466. The van der Waals surface area contributed by atoms with Gasteiger partial charge in [0.1, 0.15) is 5.56 Å². The molecule has 3 N–H and O–H groups in total. The van der Waals surface area contributed by atoms with Crippen molar-refractivity contribution >= 4 is 24.3 Å². The van der Waals surface area contributed by atoms with Crippen LogP contribution in [0.3, 0.4) is 0 Å². The van der Waals surface area contributed by atoms with E-state index in [0.29, 0.717) is 6.42 Å². The number of H-pyrrole nitrogens is 1. The molecule has 1 aromatic rings. The van der Waals surface area contributed by atoms with E-state index in [0.717, 1.165) is 38.3 Å². The van der Waals surface area contributed by atoms with Crippen molar-refractivity contribution < 1.29 is 9.90 Å². The number of carbonyl (C=O) groups excluding carboxylic acids is 1. The highest BCUT2D eigenvalue weighted by Gasteiger charge is 2.14. The third-order valence-electron chi connectivity index (χ3n) is 3.82. The summed E-state index contributed by atoms with van der Waals surface area (Å²) in [5.41, 5.74) is 1.80. The summed E-state index contributed by atoms with van der Waals surface area (Å²) in [6.45, 7) is 5.94. The van der Waals surface area contributed by atoms with Crippen molar-refractivity contribution in [2.75, 3.05) is 0 Å². The Kier molecular flexibility index (Phi) is 8.39. The van der Waals surface area contributed by atoms with Gasteiger partial charge in [0.05, 0.1) is 6.21 Å². The van der Waals surface area contributed by atoms with Crippen LogP contribution in [-0.4, -0.2) is 26.8 Å². The molecular weight excluding hydrogens is 328 g/mol. The lowest BCUT2D eigenvalue weighted by Crippen LogP contribution is -2.22. The normalized spacial score (nSPS) is 12.5. The van der Waals surface area contributed by atoms with Crippen molar-refractivity contribution in [1.82, 2.24) is 15.0 Å². The SMILES string of the molecule is CCCCCCC(=O)NN=Cc1c(O)n(C(C)CC)c(=S)[nH]c1=O.